The van der Waals surface area contributed by atoms with E-state index in [0.717, 1.165) is 37.4 Å². The Bertz CT molecular complexity index is 711. The van der Waals surface area contributed by atoms with Gasteiger partial charge in [-0.1, -0.05) is 0 Å². The number of aliphatic hydroxyl groups is 1. The lowest BCUT2D eigenvalue weighted by molar-refractivity contribution is 0.262. The van der Waals surface area contributed by atoms with Crippen molar-refractivity contribution in [3.63, 3.8) is 0 Å². The maximum Gasteiger partial charge on any atom is 0.263 e. The van der Waals surface area contributed by atoms with Crippen LogP contribution in [0.25, 0.3) is 0 Å². The number of nitrogens with one attached hydrogen (secondary N) is 1. The average molecular weight is 316 g/mol. The molecule has 2 N–H and O–H groups in total. The van der Waals surface area contributed by atoms with Gasteiger partial charge in [-0.25, -0.2) is 0 Å². The van der Waals surface area contributed by atoms with E-state index in [1.807, 2.05) is 0 Å². The van der Waals surface area contributed by atoms with Crippen LogP contribution in [-0.2, 0) is 6.61 Å². The lowest BCUT2D eigenvalue weighted by atomic mass is 9.79. The molecular weight excluding hydrogens is 296 g/mol. The molecular formula is C15H20N6O2. The minimum absolute atomic E-state index is 0.0370. The number of aliphatic hydroxyl groups excluding tert-OH is 1. The fourth-order valence-corrected chi connectivity index (χ4v) is 3.37. The van der Waals surface area contributed by atoms with E-state index in [-0.39, 0.29) is 6.61 Å². The third kappa shape index (κ3) is 2.41. The highest BCUT2D eigenvalue weighted by atomic mass is 16.5. The van der Waals surface area contributed by atoms with Gasteiger partial charge in [-0.15, -0.1) is 10.2 Å². The van der Waals surface area contributed by atoms with E-state index in [4.69, 9.17) is 4.52 Å². The SMILES string of the molecule is OCc1nnc(C2CC(Nc3noc(C4CC4)n3)C2)n1C1CC1. The number of nitrogens with zero attached hydrogens (tertiary/aromatic N) is 5. The molecule has 3 saturated carbocycles. The van der Waals surface area contributed by atoms with Crippen LogP contribution in [0.2, 0.25) is 0 Å². The Kier molecular flexibility index (Phi) is 2.94. The predicted molar refractivity (Wildman–Crippen MR) is 79.9 cm³/mol. The largest absolute Gasteiger partial charge is 0.388 e. The summed E-state index contributed by atoms with van der Waals surface area (Å²) in [6, 6.07) is 0.846. The standard InChI is InChI=1S/C15H20N6O2/c22-7-12-18-19-13(21(12)11-3-4-11)9-5-10(6-9)16-15-17-14(23-20-15)8-1-2-8/h8-11,22H,1-7H2,(H,16,20). The van der Waals surface area contributed by atoms with Gasteiger partial charge in [0, 0.05) is 23.9 Å². The molecule has 0 radical (unpaired) electrons. The van der Waals surface area contributed by atoms with Gasteiger partial charge in [0.15, 0.2) is 5.82 Å². The molecule has 0 aromatic carbocycles. The van der Waals surface area contributed by atoms with Gasteiger partial charge in [-0.05, 0) is 43.7 Å². The summed E-state index contributed by atoms with van der Waals surface area (Å²) in [6.07, 6.45) is 6.64. The van der Waals surface area contributed by atoms with E-state index < -0.39 is 0 Å². The zero-order valence-electron chi connectivity index (χ0n) is 12.9. The molecule has 122 valence electrons. The van der Waals surface area contributed by atoms with Crippen LogP contribution in [0.15, 0.2) is 4.52 Å². The zero-order valence-corrected chi connectivity index (χ0v) is 12.9. The Hall–Kier alpha value is -1.96. The van der Waals surface area contributed by atoms with Crippen LogP contribution < -0.4 is 5.32 Å². The third-order valence-electron chi connectivity index (χ3n) is 5.05. The molecule has 0 amide bonds. The number of aromatic nitrogens is 5. The second-order valence-corrected chi connectivity index (χ2v) is 6.97. The van der Waals surface area contributed by atoms with Gasteiger partial charge in [-0.3, -0.25) is 0 Å². The summed E-state index contributed by atoms with van der Waals surface area (Å²) in [5.74, 6) is 3.99. The highest BCUT2D eigenvalue weighted by Gasteiger charge is 2.38. The molecule has 3 aliphatic rings. The first-order valence-corrected chi connectivity index (χ1v) is 8.46. The molecule has 0 aliphatic heterocycles. The van der Waals surface area contributed by atoms with Gasteiger partial charge in [0.25, 0.3) is 5.95 Å². The molecule has 0 unspecified atom stereocenters. The van der Waals surface area contributed by atoms with Crippen molar-refractivity contribution >= 4 is 5.95 Å². The van der Waals surface area contributed by atoms with Crippen molar-refractivity contribution in [1.82, 2.24) is 24.9 Å². The highest BCUT2D eigenvalue weighted by Crippen LogP contribution is 2.43. The van der Waals surface area contributed by atoms with Crippen molar-refractivity contribution in [3.8, 4) is 0 Å². The normalized spacial score (nSPS) is 27.0. The fraction of sp³-hybridized carbons (Fsp3) is 0.733. The topological polar surface area (TPSA) is 102 Å². The summed E-state index contributed by atoms with van der Waals surface area (Å²) in [5, 5.41) is 25.2. The van der Waals surface area contributed by atoms with Gasteiger partial charge in [-0.2, -0.15) is 4.98 Å². The number of rotatable bonds is 6. The molecule has 23 heavy (non-hydrogen) atoms. The number of anilines is 1. The van der Waals surface area contributed by atoms with Crippen molar-refractivity contribution in [1.29, 1.82) is 0 Å². The minimum Gasteiger partial charge on any atom is -0.388 e. The molecule has 8 heteroatoms. The fourth-order valence-electron chi connectivity index (χ4n) is 3.37. The van der Waals surface area contributed by atoms with Gasteiger partial charge in [0.1, 0.15) is 12.4 Å². The molecule has 3 aliphatic carbocycles. The summed E-state index contributed by atoms with van der Waals surface area (Å²) < 4.78 is 7.42. The van der Waals surface area contributed by atoms with Crippen LogP contribution >= 0.6 is 0 Å². The third-order valence-corrected chi connectivity index (χ3v) is 5.05. The quantitative estimate of drug-likeness (QED) is 0.836. The first kappa shape index (κ1) is 13.5. The van der Waals surface area contributed by atoms with Crippen LogP contribution in [0.1, 0.15) is 73.9 Å². The molecule has 0 bridgehead atoms. The lowest BCUT2D eigenvalue weighted by Crippen LogP contribution is -2.35. The van der Waals surface area contributed by atoms with Crippen molar-refractivity contribution in [2.75, 3.05) is 5.32 Å². The monoisotopic (exact) mass is 316 g/mol. The van der Waals surface area contributed by atoms with Crippen LogP contribution in [-0.4, -0.2) is 36.1 Å². The number of hydrogen-bond donors (Lipinski definition) is 2. The summed E-state index contributed by atoms with van der Waals surface area (Å²) >= 11 is 0. The van der Waals surface area contributed by atoms with Crippen LogP contribution in [0.3, 0.4) is 0 Å². The Morgan fingerprint density at radius 3 is 2.65 bits per heavy atom. The molecule has 5 rings (SSSR count). The van der Waals surface area contributed by atoms with E-state index in [1.165, 1.54) is 12.8 Å². The summed E-state index contributed by atoms with van der Waals surface area (Å²) in [6.45, 7) is -0.0370. The van der Waals surface area contributed by atoms with Gasteiger partial charge < -0.3 is 19.5 Å². The Balaban J connectivity index is 1.23. The summed E-state index contributed by atoms with van der Waals surface area (Å²) in [7, 11) is 0. The van der Waals surface area contributed by atoms with E-state index in [0.29, 0.717) is 35.7 Å². The highest BCUT2D eigenvalue weighted by molar-refractivity contribution is 5.28. The smallest absolute Gasteiger partial charge is 0.263 e. The summed E-state index contributed by atoms with van der Waals surface area (Å²) in [5.41, 5.74) is 0. The van der Waals surface area contributed by atoms with Crippen molar-refractivity contribution in [2.24, 2.45) is 0 Å². The van der Waals surface area contributed by atoms with Gasteiger partial charge in [0.2, 0.25) is 5.89 Å². The van der Waals surface area contributed by atoms with Crippen LogP contribution in [0.4, 0.5) is 5.95 Å². The number of hydrogen-bond acceptors (Lipinski definition) is 7. The molecule has 2 heterocycles. The Morgan fingerprint density at radius 2 is 1.96 bits per heavy atom. The lowest BCUT2D eigenvalue weighted by Gasteiger charge is -2.34. The van der Waals surface area contributed by atoms with Crippen LogP contribution in [0, 0.1) is 0 Å². The first-order chi connectivity index (χ1) is 11.3. The van der Waals surface area contributed by atoms with Crippen molar-refractivity contribution in [3.05, 3.63) is 17.5 Å². The van der Waals surface area contributed by atoms with Gasteiger partial charge in [0.05, 0.1) is 0 Å². The zero-order chi connectivity index (χ0) is 15.4. The molecule has 2 aromatic rings. The Morgan fingerprint density at radius 1 is 1.13 bits per heavy atom. The Labute approximate surface area is 133 Å². The second-order valence-electron chi connectivity index (χ2n) is 6.97. The van der Waals surface area contributed by atoms with E-state index in [2.05, 4.69) is 30.2 Å². The molecule has 8 nitrogen and oxygen atoms in total. The van der Waals surface area contributed by atoms with Crippen LogP contribution in [0.5, 0.6) is 0 Å². The maximum atomic E-state index is 9.42. The maximum absolute atomic E-state index is 9.42. The molecule has 0 saturated heterocycles. The predicted octanol–water partition coefficient (Wildman–Crippen LogP) is 1.72. The van der Waals surface area contributed by atoms with E-state index >= 15 is 0 Å². The molecule has 0 spiro atoms. The first-order valence-electron chi connectivity index (χ1n) is 8.46. The van der Waals surface area contributed by atoms with Crippen molar-refractivity contribution in [2.45, 2.75) is 69.1 Å². The molecule has 2 aromatic heterocycles. The summed E-state index contributed by atoms with van der Waals surface area (Å²) in [4.78, 5) is 4.41. The molecule has 3 fully saturated rings. The van der Waals surface area contributed by atoms with E-state index in [1.54, 1.807) is 0 Å². The van der Waals surface area contributed by atoms with Gasteiger partial charge >= 0.3 is 0 Å². The second kappa shape index (κ2) is 5.02. The van der Waals surface area contributed by atoms with E-state index in [9.17, 15) is 5.11 Å². The molecule has 0 atom stereocenters. The minimum atomic E-state index is -0.0370. The van der Waals surface area contributed by atoms with Crippen molar-refractivity contribution < 1.29 is 9.63 Å². The average Bonchev–Trinajstić information content (AvgIpc) is 3.45.